The normalized spacial score (nSPS) is 10.2. The van der Waals surface area contributed by atoms with Crippen LogP contribution in [0.1, 0.15) is 20.7 Å². The number of methoxy groups -OCH3 is 1. The third kappa shape index (κ3) is 2.36. The molecule has 98 valence electrons. The molecule has 2 N–H and O–H groups in total. The summed E-state index contributed by atoms with van der Waals surface area (Å²) in [5.41, 5.74) is 0.305. The van der Waals surface area contributed by atoms with Crippen molar-refractivity contribution in [3.05, 3.63) is 34.1 Å². The number of rotatable bonds is 3. The van der Waals surface area contributed by atoms with Gasteiger partial charge in [-0.05, 0) is 30.4 Å². The highest BCUT2D eigenvalue weighted by molar-refractivity contribution is 7.71. The molecule has 9 heteroatoms. The van der Waals surface area contributed by atoms with Gasteiger partial charge >= 0.3 is 11.9 Å². The minimum absolute atomic E-state index is 0.0458. The van der Waals surface area contributed by atoms with Gasteiger partial charge < -0.3 is 9.84 Å². The fourth-order valence-electron chi connectivity index (χ4n) is 1.50. The van der Waals surface area contributed by atoms with E-state index in [4.69, 9.17) is 17.3 Å². The van der Waals surface area contributed by atoms with E-state index in [0.717, 1.165) is 0 Å². The molecule has 0 atom stereocenters. The number of nitrogens with one attached hydrogen (secondary N) is 1. The van der Waals surface area contributed by atoms with Gasteiger partial charge in [-0.3, -0.25) is 0 Å². The first-order valence-corrected chi connectivity index (χ1v) is 5.41. The maximum Gasteiger partial charge on any atom is 0.337 e. The van der Waals surface area contributed by atoms with Crippen LogP contribution in [-0.4, -0.2) is 44.4 Å². The second-order valence-electron chi connectivity index (χ2n) is 3.45. The summed E-state index contributed by atoms with van der Waals surface area (Å²) in [4.78, 5) is 22.6. The molecule has 0 unspecified atom stereocenters. The zero-order valence-corrected chi connectivity index (χ0v) is 10.5. The number of aromatic nitrogens is 4. The van der Waals surface area contributed by atoms with E-state index >= 15 is 0 Å². The summed E-state index contributed by atoms with van der Waals surface area (Å²) >= 11 is 4.90. The number of hydrogen-bond donors (Lipinski definition) is 2. The third-order valence-electron chi connectivity index (χ3n) is 2.36. The SMILES string of the molecule is COC(=O)c1ccc(C(=O)O)c(-n2[nH]nnc2=S)c1. The van der Waals surface area contributed by atoms with Crippen molar-refractivity contribution in [1.29, 1.82) is 0 Å². The number of carboxylic acids is 1. The van der Waals surface area contributed by atoms with Gasteiger partial charge in [-0.15, -0.1) is 0 Å². The number of aromatic amines is 1. The van der Waals surface area contributed by atoms with Crippen LogP contribution in [-0.2, 0) is 4.74 Å². The Morgan fingerprint density at radius 3 is 2.74 bits per heavy atom. The molecular formula is C10H8N4O4S. The van der Waals surface area contributed by atoms with Crippen LogP contribution < -0.4 is 0 Å². The van der Waals surface area contributed by atoms with E-state index in [1.54, 1.807) is 0 Å². The molecule has 0 aliphatic carbocycles. The van der Waals surface area contributed by atoms with Crippen molar-refractivity contribution in [2.75, 3.05) is 7.11 Å². The highest BCUT2D eigenvalue weighted by Gasteiger charge is 2.16. The largest absolute Gasteiger partial charge is 0.478 e. The summed E-state index contributed by atoms with van der Waals surface area (Å²) in [6, 6.07) is 3.98. The molecule has 0 saturated heterocycles. The Morgan fingerprint density at radius 2 is 2.21 bits per heavy atom. The van der Waals surface area contributed by atoms with Gasteiger partial charge in [0.25, 0.3) is 0 Å². The second kappa shape index (κ2) is 4.98. The van der Waals surface area contributed by atoms with Crippen molar-refractivity contribution in [2.45, 2.75) is 0 Å². The van der Waals surface area contributed by atoms with Crippen molar-refractivity contribution in [3.63, 3.8) is 0 Å². The van der Waals surface area contributed by atoms with Crippen LogP contribution in [0.25, 0.3) is 5.69 Å². The van der Waals surface area contributed by atoms with Crippen molar-refractivity contribution < 1.29 is 19.4 Å². The number of carbonyl (C=O) groups excluding carboxylic acids is 1. The van der Waals surface area contributed by atoms with Crippen LogP contribution in [0.4, 0.5) is 0 Å². The van der Waals surface area contributed by atoms with E-state index in [0.29, 0.717) is 0 Å². The van der Waals surface area contributed by atoms with E-state index in [1.165, 1.54) is 30.0 Å². The Hall–Kier alpha value is -2.55. The van der Waals surface area contributed by atoms with Gasteiger partial charge in [0.15, 0.2) is 0 Å². The average molecular weight is 280 g/mol. The summed E-state index contributed by atoms with van der Waals surface area (Å²) in [6.45, 7) is 0. The summed E-state index contributed by atoms with van der Waals surface area (Å²) in [6.07, 6.45) is 0. The quantitative estimate of drug-likeness (QED) is 0.632. The van der Waals surface area contributed by atoms with Gasteiger partial charge in [0.1, 0.15) is 0 Å². The maximum absolute atomic E-state index is 11.5. The van der Waals surface area contributed by atoms with E-state index < -0.39 is 11.9 Å². The first-order chi connectivity index (χ1) is 9.04. The fourth-order valence-corrected chi connectivity index (χ4v) is 1.68. The highest BCUT2D eigenvalue weighted by atomic mass is 32.1. The minimum atomic E-state index is -1.16. The lowest BCUT2D eigenvalue weighted by Crippen LogP contribution is -2.10. The van der Waals surface area contributed by atoms with Crippen LogP contribution in [0, 0.1) is 4.77 Å². The van der Waals surface area contributed by atoms with Crippen molar-refractivity contribution in [3.8, 4) is 5.69 Å². The number of nitrogens with zero attached hydrogens (tertiary/aromatic N) is 3. The summed E-state index contributed by atoms with van der Waals surface area (Å²) in [7, 11) is 1.23. The molecule has 0 amide bonds. The number of benzene rings is 1. The molecule has 8 nitrogen and oxygen atoms in total. The molecule has 0 bridgehead atoms. The smallest absolute Gasteiger partial charge is 0.337 e. The number of tetrazole rings is 1. The van der Waals surface area contributed by atoms with E-state index in [9.17, 15) is 9.59 Å². The number of H-pyrrole nitrogens is 1. The van der Waals surface area contributed by atoms with Gasteiger partial charge in [-0.2, -0.15) is 5.21 Å². The van der Waals surface area contributed by atoms with E-state index in [-0.39, 0.29) is 21.6 Å². The highest BCUT2D eigenvalue weighted by Crippen LogP contribution is 2.17. The van der Waals surface area contributed by atoms with Gasteiger partial charge in [-0.1, -0.05) is 10.3 Å². The lowest BCUT2D eigenvalue weighted by Gasteiger charge is -2.07. The Morgan fingerprint density at radius 1 is 1.47 bits per heavy atom. The van der Waals surface area contributed by atoms with Crippen molar-refractivity contribution in [2.24, 2.45) is 0 Å². The first kappa shape index (κ1) is 12.9. The number of esters is 1. The lowest BCUT2D eigenvalue weighted by atomic mass is 10.1. The predicted octanol–water partition coefficient (Wildman–Crippen LogP) is 0.810. The van der Waals surface area contributed by atoms with Gasteiger partial charge in [-0.25, -0.2) is 14.3 Å². The Labute approximate surface area is 111 Å². The minimum Gasteiger partial charge on any atom is -0.478 e. The Kier molecular flexibility index (Phi) is 3.38. The molecule has 0 aliphatic heterocycles. The molecule has 19 heavy (non-hydrogen) atoms. The van der Waals surface area contributed by atoms with Gasteiger partial charge in [0.2, 0.25) is 4.77 Å². The lowest BCUT2D eigenvalue weighted by molar-refractivity contribution is 0.0598. The van der Waals surface area contributed by atoms with Crippen LogP contribution >= 0.6 is 12.2 Å². The monoisotopic (exact) mass is 280 g/mol. The van der Waals surface area contributed by atoms with E-state index in [1.807, 2.05) is 0 Å². The number of carboxylic acid groups (broad SMARTS) is 1. The number of carbonyl (C=O) groups is 2. The third-order valence-corrected chi connectivity index (χ3v) is 2.63. The molecule has 0 aliphatic rings. The molecule has 0 radical (unpaired) electrons. The topological polar surface area (TPSA) is 110 Å². The standard InChI is InChI=1S/C10H8N4O4S/c1-18-9(17)5-2-3-6(8(15)16)7(4-5)14-10(19)11-12-13-14/h2-4H,1H3,(H,15,16)(H,11,13,19). The zero-order chi connectivity index (χ0) is 14.0. The first-order valence-electron chi connectivity index (χ1n) is 5.00. The predicted molar refractivity (Wildman–Crippen MR) is 64.8 cm³/mol. The van der Waals surface area contributed by atoms with Crippen LogP contribution in [0.15, 0.2) is 18.2 Å². The summed E-state index contributed by atoms with van der Waals surface area (Å²) in [5, 5.41) is 18.6. The summed E-state index contributed by atoms with van der Waals surface area (Å²) < 4.78 is 5.81. The molecule has 0 spiro atoms. The van der Waals surface area contributed by atoms with Crippen LogP contribution in [0.3, 0.4) is 0 Å². The van der Waals surface area contributed by atoms with Gasteiger partial charge in [0, 0.05) is 0 Å². The molecule has 2 rings (SSSR count). The Bertz CT molecular complexity index is 706. The second-order valence-corrected chi connectivity index (χ2v) is 3.81. The number of ether oxygens (including phenoxy) is 1. The van der Waals surface area contributed by atoms with Crippen molar-refractivity contribution >= 4 is 24.2 Å². The zero-order valence-electron chi connectivity index (χ0n) is 9.65. The molecule has 1 aromatic heterocycles. The van der Waals surface area contributed by atoms with E-state index in [2.05, 4.69) is 20.3 Å². The molecule has 0 saturated carbocycles. The summed E-state index contributed by atoms with van der Waals surface area (Å²) in [5.74, 6) is -1.75. The molecule has 0 fully saturated rings. The maximum atomic E-state index is 11.5. The Balaban J connectivity index is 2.68. The molecule has 1 aromatic carbocycles. The van der Waals surface area contributed by atoms with Crippen LogP contribution in [0.5, 0.6) is 0 Å². The average Bonchev–Trinajstić information content (AvgIpc) is 2.83. The van der Waals surface area contributed by atoms with Crippen molar-refractivity contribution in [1.82, 2.24) is 20.2 Å². The fraction of sp³-hybridized carbons (Fsp3) is 0.100. The molecule has 2 aromatic rings. The number of hydrogen-bond acceptors (Lipinski definition) is 6. The van der Waals surface area contributed by atoms with Gasteiger partial charge in [0.05, 0.1) is 23.9 Å². The molecular weight excluding hydrogens is 272 g/mol. The molecule has 1 heterocycles. The van der Waals surface area contributed by atoms with Crippen LogP contribution in [0.2, 0.25) is 0 Å². The number of aromatic carboxylic acids is 1.